The summed E-state index contributed by atoms with van der Waals surface area (Å²) in [5.41, 5.74) is -8.11. The molecule has 6 N–H and O–H groups in total. The summed E-state index contributed by atoms with van der Waals surface area (Å²) in [6.07, 6.45) is 2.44. The summed E-state index contributed by atoms with van der Waals surface area (Å²) in [5, 5.41) is 63.9. The Kier molecular flexibility index (Phi) is 5.09. The molecule has 4 rings (SSSR count). The third-order valence-electron chi connectivity index (χ3n) is 6.69. The van der Waals surface area contributed by atoms with Crippen molar-refractivity contribution in [3.63, 3.8) is 0 Å². The summed E-state index contributed by atoms with van der Waals surface area (Å²) in [7, 11) is 0. The van der Waals surface area contributed by atoms with E-state index in [0.29, 0.717) is 0 Å². The van der Waals surface area contributed by atoms with Crippen LogP contribution in [0.15, 0.2) is 4.42 Å². The van der Waals surface area contributed by atoms with Crippen molar-refractivity contribution in [1.82, 2.24) is 0 Å². The number of rotatable bonds is 4. The average molecular weight is 484 g/mol. The van der Waals surface area contributed by atoms with E-state index in [0.717, 1.165) is 0 Å². The monoisotopic (exact) mass is 484 g/mol. The summed E-state index contributed by atoms with van der Waals surface area (Å²) >= 11 is 0. The van der Waals surface area contributed by atoms with Gasteiger partial charge in [0.05, 0.1) is 46.6 Å². The average Bonchev–Trinajstić information content (AvgIpc) is 3.01. The van der Waals surface area contributed by atoms with E-state index >= 15 is 0 Å². The Morgan fingerprint density at radius 2 is 1.43 bits per heavy atom. The number of carbonyl (C=O) groups is 4. The highest BCUT2D eigenvalue weighted by atomic mass is 16.4. The molecule has 0 spiro atoms. The third-order valence-corrected chi connectivity index (χ3v) is 6.69. The molecule has 182 valence electrons. The van der Waals surface area contributed by atoms with E-state index in [4.69, 9.17) is 10.8 Å². The van der Waals surface area contributed by atoms with Gasteiger partial charge in [0, 0.05) is 17.5 Å². The van der Waals surface area contributed by atoms with E-state index in [1.807, 2.05) is 5.92 Å². The van der Waals surface area contributed by atoms with Gasteiger partial charge in [0.2, 0.25) is 11.6 Å². The van der Waals surface area contributed by atoms with Gasteiger partial charge in [-0.25, -0.2) is 0 Å². The van der Waals surface area contributed by atoms with Gasteiger partial charge in [-0.05, 0) is 13.8 Å². The molecule has 1 aromatic carbocycles. The van der Waals surface area contributed by atoms with Crippen LogP contribution in [0.5, 0.6) is 11.5 Å². The summed E-state index contributed by atoms with van der Waals surface area (Å²) in [5.74, 6) is -6.63. The third kappa shape index (κ3) is 3.07. The number of carboxylic acids is 2. The van der Waals surface area contributed by atoms with Gasteiger partial charge in [0.1, 0.15) is 28.6 Å². The van der Waals surface area contributed by atoms with Crippen molar-refractivity contribution in [2.45, 2.75) is 44.3 Å². The molecule has 1 heterocycles. The number of hydrogen-bond donors (Lipinski definition) is 6. The first-order valence-corrected chi connectivity index (χ1v) is 10.3. The highest BCUT2D eigenvalue weighted by Gasteiger charge is 2.59. The van der Waals surface area contributed by atoms with E-state index in [-0.39, 0.29) is 22.6 Å². The molecular formula is C24H20O11. The van der Waals surface area contributed by atoms with Crippen molar-refractivity contribution in [3.05, 3.63) is 44.9 Å². The van der Waals surface area contributed by atoms with Gasteiger partial charge in [0.25, 0.3) is 0 Å². The SMILES string of the molecule is C#CC1[C@](O)(CC(=O)O)Cc2c(O)c3c(c(O)c2[C@]1(O)CC(=O)O)C(=O)c1c(C)oc(C)c1C3=O. The van der Waals surface area contributed by atoms with Crippen LogP contribution in [0.1, 0.15) is 67.3 Å². The lowest BCUT2D eigenvalue weighted by Gasteiger charge is -2.48. The van der Waals surface area contributed by atoms with Crippen molar-refractivity contribution < 1.29 is 54.2 Å². The van der Waals surface area contributed by atoms with E-state index in [1.165, 1.54) is 13.8 Å². The van der Waals surface area contributed by atoms with E-state index in [9.17, 15) is 49.8 Å². The predicted molar refractivity (Wildman–Crippen MR) is 114 cm³/mol. The summed E-state index contributed by atoms with van der Waals surface area (Å²) in [6, 6.07) is 0. The zero-order chi connectivity index (χ0) is 26.2. The molecule has 2 aliphatic rings. The number of aryl methyl sites for hydroxylation is 2. The largest absolute Gasteiger partial charge is 0.507 e. The second kappa shape index (κ2) is 7.43. The number of fused-ring (bicyclic) bond motifs is 3. The highest BCUT2D eigenvalue weighted by molar-refractivity contribution is 6.31. The second-order valence-corrected chi connectivity index (χ2v) is 8.87. The highest BCUT2D eigenvalue weighted by Crippen LogP contribution is 2.56. The van der Waals surface area contributed by atoms with Crippen LogP contribution in [0.2, 0.25) is 0 Å². The van der Waals surface area contributed by atoms with Crippen molar-refractivity contribution in [3.8, 4) is 23.8 Å². The van der Waals surface area contributed by atoms with Gasteiger partial charge in [0.15, 0.2) is 0 Å². The molecule has 1 unspecified atom stereocenters. The smallest absolute Gasteiger partial charge is 0.306 e. The van der Waals surface area contributed by atoms with Crippen LogP contribution in [-0.2, 0) is 21.6 Å². The molecule has 11 nitrogen and oxygen atoms in total. The molecule has 0 bridgehead atoms. The van der Waals surface area contributed by atoms with Crippen LogP contribution in [0.4, 0.5) is 0 Å². The summed E-state index contributed by atoms with van der Waals surface area (Å²) in [4.78, 5) is 49.8. The molecule has 0 saturated carbocycles. The number of aliphatic carboxylic acids is 2. The van der Waals surface area contributed by atoms with Crippen molar-refractivity contribution in [2.75, 3.05) is 0 Å². The van der Waals surface area contributed by atoms with Gasteiger partial charge >= 0.3 is 11.9 Å². The van der Waals surface area contributed by atoms with Gasteiger partial charge < -0.3 is 35.1 Å². The molecule has 0 aliphatic heterocycles. The molecule has 1 aromatic heterocycles. The quantitative estimate of drug-likeness (QED) is 0.225. The predicted octanol–water partition coefficient (Wildman–Crippen LogP) is 0.757. The van der Waals surface area contributed by atoms with Crippen molar-refractivity contribution >= 4 is 23.5 Å². The number of ketones is 2. The summed E-state index contributed by atoms with van der Waals surface area (Å²) in [6.45, 7) is 2.84. The minimum absolute atomic E-state index is 0.0660. The number of benzene rings is 1. The van der Waals surface area contributed by atoms with Crippen LogP contribution in [0.25, 0.3) is 0 Å². The number of phenolic OH excluding ortho intramolecular Hbond substituents is 2. The van der Waals surface area contributed by atoms with Gasteiger partial charge in [-0.2, -0.15) is 0 Å². The summed E-state index contributed by atoms with van der Waals surface area (Å²) < 4.78 is 5.39. The number of carboxylic acid groups (broad SMARTS) is 2. The topological polar surface area (TPSA) is 203 Å². The Morgan fingerprint density at radius 1 is 0.943 bits per heavy atom. The fourth-order valence-corrected chi connectivity index (χ4v) is 5.47. The number of hydrogen-bond acceptors (Lipinski definition) is 9. The Bertz CT molecular complexity index is 1410. The Hall–Kier alpha value is -4.14. The first-order valence-electron chi connectivity index (χ1n) is 10.3. The van der Waals surface area contributed by atoms with Crippen LogP contribution >= 0.6 is 0 Å². The number of carbonyl (C=O) groups excluding carboxylic acids is 2. The maximum atomic E-state index is 13.4. The molecule has 0 radical (unpaired) electrons. The fraction of sp³-hybridized carbons (Fsp3) is 0.333. The number of terminal acetylenes is 1. The van der Waals surface area contributed by atoms with Crippen molar-refractivity contribution in [1.29, 1.82) is 0 Å². The van der Waals surface area contributed by atoms with Gasteiger partial charge in [-0.3, -0.25) is 19.2 Å². The van der Waals surface area contributed by atoms with E-state index in [2.05, 4.69) is 0 Å². The van der Waals surface area contributed by atoms with Crippen molar-refractivity contribution in [2.24, 2.45) is 5.92 Å². The van der Waals surface area contributed by atoms with Gasteiger partial charge in [-0.15, -0.1) is 6.42 Å². The zero-order valence-corrected chi connectivity index (χ0v) is 18.5. The van der Waals surface area contributed by atoms with Crippen LogP contribution in [0, 0.1) is 32.1 Å². The van der Waals surface area contributed by atoms with E-state index in [1.54, 1.807) is 0 Å². The number of aromatic hydroxyl groups is 2. The first-order chi connectivity index (χ1) is 16.2. The molecule has 11 heteroatoms. The normalized spacial score (nSPS) is 24.8. The Morgan fingerprint density at radius 3 is 1.89 bits per heavy atom. The fourth-order valence-electron chi connectivity index (χ4n) is 5.47. The first kappa shape index (κ1) is 24.0. The Balaban J connectivity index is 2.13. The van der Waals surface area contributed by atoms with Gasteiger partial charge in [-0.1, -0.05) is 5.92 Å². The van der Waals surface area contributed by atoms with Crippen LogP contribution < -0.4 is 0 Å². The molecular weight excluding hydrogens is 464 g/mol. The molecule has 0 fully saturated rings. The van der Waals surface area contributed by atoms with Crippen LogP contribution in [-0.4, -0.2) is 59.7 Å². The molecule has 35 heavy (non-hydrogen) atoms. The van der Waals surface area contributed by atoms with E-state index < -0.39 is 93.6 Å². The maximum Gasteiger partial charge on any atom is 0.306 e. The lowest BCUT2D eigenvalue weighted by molar-refractivity contribution is -0.163. The molecule has 0 saturated heterocycles. The standard InChI is InChI=1S/C24H20O11/c1-4-11-23(33,6-12(25)26)5-10-18(24(11,34)7-13(27)28)22(32)17-16(19(10)29)20(30)14-8(2)35-9(3)15(14)21(17)31/h1,11,29,32-34H,5-7H2,2-3H3,(H,25,26)(H,27,28)/t11?,23-,24+/m1/s1. The lowest BCUT2D eigenvalue weighted by Crippen LogP contribution is -2.56. The maximum absolute atomic E-state index is 13.4. The number of phenols is 2. The Labute approximate surface area is 197 Å². The molecule has 2 aliphatic carbocycles. The second-order valence-electron chi connectivity index (χ2n) is 8.87. The minimum Gasteiger partial charge on any atom is -0.507 e. The number of furan rings is 1. The zero-order valence-electron chi connectivity index (χ0n) is 18.5. The molecule has 0 amide bonds. The molecule has 2 aromatic rings. The molecule has 3 atom stereocenters. The number of aliphatic hydroxyl groups is 2. The minimum atomic E-state index is -2.82. The van der Waals surface area contributed by atoms with Crippen LogP contribution in [0.3, 0.4) is 0 Å². The lowest BCUT2D eigenvalue weighted by atomic mass is 9.60.